The van der Waals surface area contributed by atoms with E-state index in [1.54, 1.807) is 4.90 Å². The Morgan fingerprint density at radius 3 is 2.25 bits per heavy atom. The number of nitrogens with one attached hydrogen (secondary N) is 1. The van der Waals surface area contributed by atoms with E-state index in [0.29, 0.717) is 18.7 Å². The van der Waals surface area contributed by atoms with Crippen LogP contribution in [0.3, 0.4) is 0 Å². The molecule has 2 aromatic carbocycles. The third-order valence-electron chi connectivity index (χ3n) is 4.40. The van der Waals surface area contributed by atoms with E-state index in [9.17, 15) is 9.59 Å². The summed E-state index contributed by atoms with van der Waals surface area (Å²) in [6.45, 7) is 7.98. The molecule has 0 fully saturated rings. The van der Waals surface area contributed by atoms with Crippen LogP contribution in [0.1, 0.15) is 38.3 Å². The SMILES string of the molecule is CCC(C(=O)NC(C)C)N(Cc1ccccc1)C(=O)COc1ccc(C)cc1. The lowest BCUT2D eigenvalue weighted by atomic mass is 10.1. The Bertz CT molecular complexity index is 757. The van der Waals surface area contributed by atoms with Crippen LogP contribution in [0.15, 0.2) is 54.6 Å². The first kappa shape index (κ1) is 21.5. The molecule has 2 rings (SSSR count). The fourth-order valence-electron chi connectivity index (χ4n) is 2.94. The van der Waals surface area contributed by atoms with E-state index >= 15 is 0 Å². The lowest BCUT2D eigenvalue weighted by molar-refractivity contribution is -0.143. The number of hydrogen-bond acceptors (Lipinski definition) is 3. The molecule has 2 aromatic rings. The van der Waals surface area contributed by atoms with Gasteiger partial charge in [-0.15, -0.1) is 0 Å². The molecule has 0 saturated carbocycles. The van der Waals surface area contributed by atoms with Gasteiger partial charge in [0.2, 0.25) is 5.91 Å². The van der Waals surface area contributed by atoms with E-state index in [4.69, 9.17) is 4.74 Å². The van der Waals surface area contributed by atoms with Crippen LogP contribution in [-0.2, 0) is 16.1 Å². The van der Waals surface area contributed by atoms with Crippen LogP contribution in [0.25, 0.3) is 0 Å². The van der Waals surface area contributed by atoms with E-state index in [2.05, 4.69) is 5.32 Å². The number of nitrogens with zero attached hydrogens (tertiary/aromatic N) is 1. The number of rotatable bonds is 9. The van der Waals surface area contributed by atoms with Gasteiger partial charge in [-0.1, -0.05) is 55.0 Å². The highest BCUT2D eigenvalue weighted by Gasteiger charge is 2.29. The van der Waals surface area contributed by atoms with Crippen LogP contribution in [0, 0.1) is 6.92 Å². The number of hydrogen-bond donors (Lipinski definition) is 1. The van der Waals surface area contributed by atoms with Gasteiger partial charge in [0.05, 0.1) is 0 Å². The van der Waals surface area contributed by atoms with E-state index < -0.39 is 6.04 Å². The van der Waals surface area contributed by atoms with Crippen LogP contribution in [0.2, 0.25) is 0 Å². The molecule has 0 bridgehead atoms. The smallest absolute Gasteiger partial charge is 0.261 e. The topological polar surface area (TPSA) is 58.6 Å². The van der Waals surface area contributed by atoms with Crippen LogP contribution in [-0.4, -0.2) is 35.4 Å². The minimum Gasteiger partial charge on any atom is -0.484 e. The van der Waals surface area contributed by atoms with Crippen LogP contribution >= 0.6 is 0 Å². The van der Waals surface area contributed by atoms with Gasteiger partial charge in [-0.3, -0.25) is 9.59 Å². The highest BCUT2D eigenvalue weighted by molar-refractivity contribution is 5.88. The predicted molar refractivity (Wildman–Crippen MR) is 111 cm³/mol. The molecule has 0 aliphatic rings. The molecular weight excluding hydrogens is 352 g/mol. The van der Waals surface area contributed by atoms with Gasteiger partial charge in [0.15, 0.2) is 6.61 Å². The van der Waals surface area contributed by atoms with Gasteiger partial charge in [0.25, 0.3) is 5.91 Å². The Morgan fingerprint density at radius 1 is 1.04 bits per heavy atom. The second kappa shape index (κ2) is 10.5. The fourth-order valence-corrected chi connectivity index (χ4v) is 2.94. The first-order valence-corrected chi connectivity index (χ1v) is 9.74. The average Bonchev–Trinajstić information content (AvgIpc) is 2.67. The summed E-state index contributed by atoms with van der Waals surface area (Å²) in [4.78, 5) is 27.3. The van der Waals surface area contributed by atoms with Gasteiger partial charge < -0.3 is 15.0 Å². The normalized spacial score (nSPS) is 11.8. The zero-order valence-corrected chi connectivity index (χ0v) is 17.1. The summed E-state index contributed by atoms with van der Waals surface area (Å²) in [6, 6.07) is 16.7. The van der Waals surface area contributed by atoms with Crippen molar-refractivity contribution in [2.75, 3.05) is 6.61 Å². The summed E-state index contributed by atoms with van der Waals surface area (Å²) < 4.78 is 5.67. The predicted octanol–water partition coefficient (Wildman–Crippen LogP) is 3.71. The number of amides is 2. The minimum absolute atomic E-state index is 0.0130. The molecule has 0 saturated heterocycles. The van der Waals surface area contributed by atoms with Crippen molar-refractivity contribution in [1.82, 2.24) is 10.2 Å². The van der Waals surface area contributed by atoms with Crippen molar-refractivity contribution in [2.45, 2.75) is 52.7 Å². The Labute approximate surface area is 167 Å². The summed E-state index contributed by atoms with van der Waals surface area (Å²) in [7, 11) is 0. The number of ether oxygens (including phenoxy) is 1. The summed E-state index contributed by atoms with van der Waals surface area (Å²) in [5.74, 6) is 0.283. The Balaban J connectivity index is 2.16. The van der Waals surface area contributed by atoms with Gasteiger partial charge in [-0.05, 0) is 44.9 Å². The highest BCUT2D eigenvalue weighted by atomic mass is 16.5. The zero-order valence-electron chi connectivity index (χ0n) is 17.1. The Kier molecular flexibility index (Phi) is 8.05. The van der Waals surface area contributed by atoms with Gasteiger partial charge in [0, 0.05) is 12.6 Å². The highest BCUT2D eigenvalue weighted by Crippen LogP contribution is 2.15. The first-order chi connectivity index (χ1) is 13.4. The number of carbonyl (C=O) groups is 2. The lowest BCUT2D eigenvalue weighted by Crippen LogP contribution is -2.51. The molecule has 0 heterocycles. The summed E-state index contributed by atoms with van der Waals surface area (Å²) in [5, 5.41) is 2.92. The summed E-state index contributed by atoms with van der Waals surface area (Å²) in [6.07, 6.45) is 0.529. The molecule has 1 N–H and O–H groups in total. The van der Waals surface area contributed by atoms with Crippen molar-refractivity contribution >= 4 is 11.8 Å². The zero-order chi connectivity index (χ0) is 20.5. The second-order valence-electron chi connectivity index (χ2n) is 7.20. The maximum Gasteiger partial charge on any atom is 0.261 e. The van der Waals surface area contributed by atoms with Crippen molar-refractivity contribution in [3.8, 4) is 5.75 Å². The fraction of sp³-hybridized carbons (Fsp3) is 0.391. The minimum atomic E-state index is -0.545. The maximum atomic E-state index is 13.0. The molecule has 0 spiro atoms. The molecule has 150 valence electrons. The van der Waals surface area contributed by atoms with Crippen LogP contribution in [0.5, 0.6) is 5.75 Å². The average molecular weight is 383 g/mol. The Morgan fingerprint density at radius 2 is 1.68 bits per heavy atom. The van der Waals surface area contributed by atoms with Crippen molar-refractivity contribution in [3.63, 3.8) is 0 Å². The monoisotopic (exact) mass is 382 g/mol. The van der Waals surface area contributed by atoms with E-state index in [1.165, 1.54) is 0 Å². The maximum absolute atomic E-state index is 13.0. The molecule has 1 atom stereocenters. The molecule has 5 nitrogen and oxygen atoms in total. The second-order valence-corrected chi connectivity index (χ2v) is 7.20. The lowest BCUT2D eigenvalue weighted by Gasteiger charge is -2.31. The summed E-state index contributed by atoms with van der Waals surface area (Å²) >= 11 is 0. The third kappa shape index (κ3) is 6.41. The van der Waals surface area contributed by atoms with E-state index in [1.807, 2.05) is 82.3 Å². The first-order valence-electron chi connectivity index (χ1n) is 9.74. The molecule has 0 aromatic heterocycles. The molecule has 2 amide bonds. The van der Waals surface area contributed by atoms with Crippen LogP contribution in [0.4, 0.5) is 0 Å². The van der Waals surface area contributed by atoms with Crippen molar-refractivity contribution < 1.29 is 14.3 Å². The van der Waals surface area contributed by atoms with Crippen molar-refractivity contribution in [1.29, 1.82) is 0 Å². The molecule has 0 radical (unpaired) electrons. The van der Waals surface area contributed by atoms with Gasteiger partial charge >= 0.3 is 0 Å². The molecule has 5 heteroatoms. The van der Waals surface area contributed by atoms with Gasteiger partial charge in [-0.25, -0.2) is 0 Å². The standard InChI is InChI=1S/C23H30N2O3/c1-5-21(23(27)24-17(2)3)25(15-19-9-7-6-8-10-19)22(26)16-28-20-13-11-18(4)12-14-20/h6-14,17,21H,5,15-16H2,1-4H3,(H,24,27). The van der Waals surface area contributed by atoms with E-state index in [0.717, 1.165) is 11.1 Å². The molecule has 28 heavy (non-hydrogen) atoms. The number of carbonyl (C=O) groups excluding carboxylic acids is 2. The quantitative estimate of drug-likeness (QED) is 0.719. The van der Waals surface area contributed by atoms with Gasteiger partial charge in [0.1, 0.15) is 11.8 Å². The van der Waals surface area contributed by atoms with Crippen molar-refractivity contribution in [3.05, 3.63) is 65.7 Å². The van der Waals surface area contributed by atoms with E-state index in [-0.39, 0.29) is 24.5 Å². The van der Waals surface area contributed by atoms with Crippen LogP contribution < -0.4 is 10.1 Å². The van der Waals surface area contributed by atoms with Gasteiger partial charge in [-0.2, -0.15) is 0 Å². The third-order valence-corrected chi connectivity index (χ3v) is 4.40. The largest absolute Gasteiger partial charge is 0.484 e. The molecular formula is C23H30N2O3. The van der Waals surface area contributed by atoms with Crippen molar-refractivity contribution in [2.24, 2.45) is 0 Å². The number of aryl methyl sites for hydroxylation is 1. The molecule has 1 unspecified atom stereocenters. The molecule has 0 aliphatic carbocycles. The number of benzene rings is 2. The molecule has 0 aliphatic heterocycles. The Hall–Kier alpha value is -2.82. The summed E-state index contributed by atoms with van der Waals surface area (Å²) in [5.41, 5.74) is 2.10.